The van der Waals surface area contributed by atoms with Crippen LogP contribution in [0, 0.1) is 5.82 Å². The number of carbonyl (C=O) groups excluding carboxylic acids is 1. The number of hydrogen-bond acceptors (Lipinski definition) is 3. The molecule has 4 rings (SSSR count). The highest BCUT2D eigenvalue weighted by atomic mass is 79.9. The maximum absolute atomic E-state index is 14.4. The number of carbonyl (C=O) groups is 2. The largest absolute Gasteiger partial charge is 0.478 e. The topological polar surface area (TPSA) is 75.6 Å². The van der Waals surface area contributed by atoms with Crippen LogP contribution in [0.1, 0.15) is 27.4 Å². The first-order valence-corrected chi connectivity index (χ1v) is 9.60. The number of amides is 1. The normalized spacial score (nSPS) is 12.2. The van der Waals surface area contributed by atoms with Gasteiger partial charge in [-0.25, -0.2) is 14.0 Å². The molecule has 146 valence electrons. The van der Waals surface area contributed by atoms with E-state index in [1.165, 1.54) is 12.1 Å². The molecule has 1 aliphatic carbocycles. The lowest BCUT2D eigenvalue weighted by Crippen LogP contribution is -2.19. The average molecular weight is 456 g/mol. The Bertz CT molecular complexity index is 1090. The zero-order chi connectivity index (χ0) is 20.5. The minimum atomic E-state index is -1.44. The fourth-order valence-electron chi connectivity index (χ4n) is 3.59. The molecule has 0 unspecified atom stereocenters. The van der Waals surface area contributed by atoms with E-state index < -0.39 is 23.4 Å². The first kappa shape index (κ1) is 19.1. The molecule has 29 heavy (non-hydrogen) atoms. The maximum atomic E-state index is 14.4. The molecule has 1 aliphatic rings. The minimum Gasteiger partial charge on any atom is -0.478 e. The lowest BCUT2D eigenvalue weighted by Gasteiger charge is -2.15. The van der Waals surface area contributed by atoms with Gasteiger partial charge in [0.15, 0.2) is 5.82 Å². The summed E-state index contributed by atoms with van der Waals surface area (Å²) in [6.07, 6.45) is -0.857. The first-order valence-electron chi connectivity index (χ1n) is 8.80. The molecule has 3 aromatic rings. The molecule has 0 aliphatic heterocycles. The Morgan fingerprint density at radius 3 is 2.17 bits per heavy atom. The van der Waals surface area contributed by atoms with Gasteiger partial charge in [-0.3, -0.25) is 5.32 Å². The highest BCUT2D eigenvalue weighted by Gasteiger charge is 2.29. The molecule has 0 heterocycles. The molecular weight excluding hydrogens is 441 g/mol. The third kappa shape index (κ3) is 3.49. The number of rotatable bonds is 4. The number of carboxylic acid groups (broad SMARTS) is 1. The van der Waals surface area contributed by atoms with E-state index in [2.05, 4.69) is 21.2 Å². The van der Waals surface area contributed by atoms with Gasteiger partial charge in [-0.15, -0.1) is 0 Å². The molecule has 0 saturated carbocycles. The van der Waals surface area contributed by atoms with Crippen molar-refractivity contribution in [2.75, 3.05) is 11.9 Å². The fourth-order valence-corrected chi connectivity index (χ4v) is 4.07. The van der Waals surface area contributed by atoms with E-state index >= 15 is 0 Å². The van der Waals surface area contributed by atoms with Gasteiger partial charge in [-0.2, -0.15) is 0 Å². The predicted octanol–water partition coefficient (Wildman–Crippen LogP) is 5.65. The van der Waals surface area contributed by atoms with Gasteiger partial charge in [0, 0.05) is 10.4 Å². The summed E-state index contributed by atoms with van der Waals surface area (Å²) in [5.41, 5.74) is 3.50. The van der Waals surface area contributed by atoms with Crippen LogP contribution in [0.3, 0.4) is 0 Å². The monoisotopic (exact) mass is 455 g/mol. The Labute approximate surface area is 174 Å². The lowest BCUT2D eigenvalue weighted by atomic mass is 9.98. The summed E-state index contributed by atoms with van der Waals surface area (Å²) >= 11 is 2.99. The van der Waals surface area contributed by atoms with Gasteiger partial charge in [0.2, 0.25) is 0 Å². The zero-order valence-corrected chi connectivity index (χ0v) is 16.6. The summed E-state index contributed by atoms with van der Waals surface area (Å²) in [4.78, 5) is 23.5. The summed E-state index contributed by atoms with van der Waals surface area (Å²) in [7, 11) is 0. The summed E-state index contributed by atoms with van der Waals surface area (Å²) in [5, 5.41) is 11.4. The van der Waals surface area contributed by atoms with Gasteiger partial charge >= 0.3 is 12.1 Å². The molecule has 7 heteroatoms. The van der Waals surface area contributed by atoms with Crippen molar-refractivity contribution < 1.29 is 23.8 Å². The molecule has 0 spiro atoms. The van der Waals surface area contributed by atoms with Gasteiger partial charge < -0.3 is 9.84 Å². The van der Waals surface area contributed by atoms with Crippen LogP contribution < -0.4 is 5.32 Å². The standard InChI is InChI=1S/C22H15BrFNO4/c23-17-9-10-18(20(24)19(17)21(26)27)25-22(28)29-11-16-14-7-3-1-5-12(14)13-6-2-4-8-15(13)16/h1-10,16H,11H2,(H,25,28)(H,26,27). The Kier molecular flexibility index (Phi) is 5.07. The number of hydrogen-bond donors (Lipinski definition) is 2. The van der Waals surface area contributed by atoms with Gasteiger partial charge in [0.25, 0.3) is 0 Å². The van der Waals surface area contributed by atoms with E-state index in [0.29, 0.717) is 0 Å². The van der Waals surface area contributed by atoms with Gasteiger partial charge in [0.1, 0.15) is 12.2 Å². The molecule has 0 atom stereocenters. The summed E-state index contributed by atoms with van der Waals surface area (Å²) in [5.74, 6) is -2.61. The third-order valence-electron chi connectivity index (χ3n) is 4.89. The summed E-state index contributed by atoms with van der Waals surface area (Å²) < 4.78 is 19.8. The van der Waals surface area contributed by atoms with Crippen LogP contribution in [0.2, 0.25) is 0 Å². The second kappa shape index (κ2) is 7.67. The fraction of sp³-hybridized carbons (Fsp3) is 0.0909. The second-order valence-corrected chi connectivity index (χ2v) is 7.39. The number of anilines is 1. The maximum Gasteiger partial charge on any atom is 0.411 e. The molecular formula is C22H15BrFNO4. The summed E-state index contributed by atoms with van der Waals surface area (Å²) in [6.45, 7) is 0.0732. The number of aromatic carboxylic acids is 1. The zero-order valence-electron chi connectivity index (χ0n) is 15.0. The van der Waals surface area contributed by atoms with Crippen molar-refractivity contribution in [2.45, 2.75) is 5.92 Å². The molecule has 5 nitrogen and oxygen atoms in total. The van der Waals surface area contributed by atoms with E-state index in [1.807, 2.05) is 48.5 Å². The number of fused-ring (bicyclic) bond motifs is 3. The smallest absolute Gasteiger partial charge is 0.411 e. The van der Waals surface area contributed by atoms with Crippen molar-refractivity contribution in [1.82, 2.24) is 0 Å². The molecule has 0 aromatic heterocycles. The van der Waals surface area contributed by atoms with Crippen molar-refractivity contribution in [3.63, 3.8) is 0 Å². The van der Waals surface area contributed by atoms with E-state index in [9.17, 15) is 14.0 Å². The molecule has 1 amide bonds. The molecule has 0 fully saturated rings. The number of halogens is 2. The van der Waals surface area contributed by atoms with Crippen LogP contribution in [-0.4, -0.2) is 23.8 Å². The third-order valence-corrected chi connectivity index (χ3v) is 5.55. The number of benzene rings is 3. The van der Waals surface area contributed by atoms with Crippen LogP contribution >= 0.6 is 15.9 Å². The lowest BCUT2D eigenvalue weighted by molar-refractivity contribution is 0.0690. The summed E-state index contributed by atoms with van der Waals surface area (Å²) in [6, 6.07) is 18.5. The Morgan fingerprint density at radius 2 is 1.59 bits per heavy atom. The van der Waals surface area contributed by atoms with Crippen LogP contribution in [0.5, 0.6) is 0 Å². The van der Waals surface area contributed by atoms with Crippen molar-refractivity contribution >= 4 is 33.7 Å². The number of nitrogens with one attached hydrogen (secondary N) is 1. The number of ether oxygens (including phenoxy) is 1. The van der Waals surface area contributed by atoms with Gasteiger partial charge in [0.05, 0.1) is 5.69 Å². The van der Waals surface area contributed by atoms with Crippen molar-refractivity contribution in [1.29, 1.82) is 0 Å². The van der Waals surface area contributed by atoms with Crippen molar-refractivity contribution in [3.8, 4) is 11.1 Å². The van der Waals surface area contributed by atoms with Crippen LogP contribution in [-0.2, 0) is 4.74 Å². The molecule has 3 aromatic carbocycles. The highest BCUT2D eigenvalue weighted by Crippen LogP contribution is 2.44. The highest BCUT2D eigenvalue weighted by molar-refractivity contribution is 9.10. The molecule has 2 N–H and O–H groups in total. The Balaban J connectivity index is 1.52. The molecule has 0 saturated heterocycles. The molecule has 0 radical (unpaired) electrons. The van der Waals surface area contributed by atoms with Crippen LogP contribution in [0.25, 0.3) is 11.1 Å². The molecule has 0 bridgehead atoms. The Hall–Kier alpha value is -3.19. The Morgan fingerprint density at radius 1 is 1.00 bits per heavy atom. The minimum absolute atomic E-state index is 0.0732. The van der Waals surface area contributed by atoms with E-state index in [-0.39, 0.29) is 22.7 Å². The SMILES string of the molecule is O=C(Nc1ccc(Br)c(C(=O)O)c1F)OCC1c2ccccc2-c2ccccc21. The first-order chi connectivity index (χ1) is 14.0. The average Bonchev–Trinajstić information content (AvgIpc) is 3.02. The van der Waals surface area contributed by atoms with Crippen molar-refractivity contribution in [3.05, 3.63) is 87.6 Å². The van der Waals surface area contributed by atoms with Crippen LogP contribution in [0.15, 0.2) is 65.1 Å². The van der Waals surface area contributed by atoms with Crippen LogP contribution in [0.4, 0.5) is 14.9 Å². The van der Waals surface area contributed by atoms with E-state index in [4.69, 9.17) is 9.84 Å². The quantitative estimate of drug-likeness (QED) is 0.532. The van der Waals surface area contributed by atoms with E-state index in [0.717, 1.165) is 22.3 Å². The van der Waals surface area contributed by atoms with Gasteiger partial charge in [-0.1, -0.05) is 48.5 Å². The predicted molar refractivity (Wildman–Crippen MR) is 110 cm³/mol. The second-order valence-electron chi connectivity index (χ2n) is 6.54. The number of carboxylic acids is 1. The van der Waals surface area contributed by atoms with Crippen molar-refractivity contribution in [2.24, 2.45) is 0 Å². The van der Waals surface area contributed by atoms with E-state index in [1.54, 1.807) is 0 Å². The van der Waals surface area contributed by atoms with Gasteiger partial charge in [-0.05, 0) is 50.3 Å².